The van der Waals surface area contributed by atoms with Crippen LogP contribution in [0.3, 0.4) is 0 Å². The summed E-state index contributed by atoms with van der Waals surface area (Å²) >= 11 is 6.16. The largest absolute Gasteiger partial charge is 0.478 e. The molecule has 2 aromatic rings. The van der Waals surface area contributed by atoms with Crippen molar-refractivity contribution >= 4 is 34.6 Å². The monoisotopic (exact) mass is 324 g/mol. The maximum absolute atomic E-state index is 12.0. The summed E-state index contributed by atoms with van der Waals surface area (Å²) in [6.07, 6.45) is 0. The fourth-order valence-corrected chi connectivity index (χ4v) is 2.43. The first-order chi connectivity index (χ1) is 10.1. The Kier molecular flexibility index (Phi) is 4.15. The predicted molar refractivity (Wildman–Crippen MR) is 82.3 cm³/mol. The average Bonchev–Trinajstić information content (AvgIpc) is 2.64. The van der Waals surface area contributed by atoms with Crippen LogP contribution in [0.15, 0.2) is 12.1 Å². The number of halogens is 1. The van der Waals surface area contributed by atoms with Crippen molar-refractivity contribution in [3.8, 4) is 0 Å². The Hall–Kier alpha value is -2.08. The lowest BCUT2D eigenvalue weighted by Gasteiger charge is -2.20. The summed E-state index contributed by atoms with van der Waals surface area (Å²) in [6, 6.07) is 2.89. The van der Waals surface area contributed by atoms with Crippen LogP contribution in [0.5, 0.6) is 0 Å². The number of carbonyl (C=O) groups is 2. The van der Waals surface area contributed by atoms with Crippen molar-refractivity contribution in [3.63, 3.8) is 0 Å². The van der Waals surface area contributed by atoms with Gasteiger partial charge in [-0.2, -0.15) is 0 Å². The highest BCUT2D eigenvalue weighted by Crippen LogP contribution is 2.28. The SMILES string of the molecule is Cc1nc2c(C(=O)O)ccc(Cl)c2n1CC(=O)OC(C)(C)C. The Morgan fingerprint density at radius 3 is 2.55 bits per heavy atom. The molecule has 7 heteroatoms. The number of carboxylic acid groups (broad SMARTS) is 1. The van der Waals surface area contributed by atoms with E-state index < -0.39 is 17.5 Å². The van der Waals surface area contributed by atoms with Gasteiger partial charge in [-0.3, -0.25) is 4.79 Å². The maximum Gasteiger partial charge on any atom is 0.337 e. The number of aromatic carboxylic acids is 1. The van der Waals surface area contributed by atoms with Gasteiger partial charge in [-0.1, -0.05) is 11.6 Å². The van der Waals surface area contributed by atoms with Gasteiger partial charge in [0.1, 0.15) is 23.5 Å². The van der Waals surface area contributed by atoms with Crippen LogP contribution in [0.2, 0.25) is 5.02 Å². The normalized spacial score (nSPS) is 11.7. The number of ether oxygens (including phenoxy) is 1. The van der Waals surface area contributed by atoms with E-state index in [2.05, 4.69) is 4.98 Å². The minimum absolute atomic E-state index is 0.0467. The summed E-state index contributed by atoms with van der Waals surface area (Å²) in [5, 5.41) is 9.56. The molecule has 0 bridgehead atoms. The highest BCUT2D eigenvalue weighted by atomic mass is 35.5. The summed E-state index contributed by atoms with van der Waals surface area (Å²) < 4.78 is 6.85. The van der Waals surface area contributed by atoms with Gasteiger partial charge in [0.25, 0.3) is 0 Å². The zero-order valence-corrected chi connectivity index (χ0v) is 13.6. The van der Waals surface area contributed by atoms with Gasteiger partial charge in [0.2, 0.25) is 0 Å². The number of fused-ring (bicyclic) bond motifs is 1. The van der Waals surface area contributed by atoms with Crippen LogP contribution in [0.1, 0.15) is 37.0 Å². The molecule has 1 aromatic carbocycles. The lowest BCUT2D eigenvalue weighted by molar-refractivity contribution is -0.155. The molecule has 0 spiro atoms. The molecule has 0 aliphatic heterocycles. The molecule has 2 rings (SSSR count). The van der Waals surface area contributed by atoms with E-state index in [4.69, 9.17) is 16.3 Å². The second-order valence-corrected chi connectivity index (χ2v) is 6.34. The molecule has 0 fully saturated rings. The highest BCUT2D eigenvalue weighted by molar-refractivity contribution is 6.35. The van der Waals surface area contributed by atoms with Gasteiger partial charge in [-0.05, 0) is 39.8 Å². The molecule has 22 heavy (non-hydrogen) atoms. The fourth-order valence-electron chi connectivity index (χ4n) is 2.18. The van der Waals surface area contributed by atoms with Crippen molar-refractivity contribution in [1.82, 2.24) is 9.55 Å². The number of carbonyl (C=O) groups excluding carboxylic acids is 1. The van der Waals surface area contributed by atoms with Crippen molar-refractivity contribution in [2.45, 2.75) is 39.8 Å². The molecule has 0 unspecified atom stereocenters. The van der Waals surface area contributed by atoms with Crippen LogP contribution in [0, 0.1) is 6.92 Å². The topological polar surface area (TPSA) is 81.4 Å². The van der Waals surface area contributed by atoms with E-state index in [1.54, 1.807) is 32.3 Å². The second kappa shape index (κ2) is 5.61. The number of hydrogen-bond acceptors (Lipinski definition) is 4. The Balaban J connectivity index is 2.51. The van der Waals surface area contributed by atoms with E-state index in [1.807, 2.05) is 0 Å². The summed E-state index contributed by atoms with van der Waals surface area (Å²) in [6.45, 7) is 6.94. The van der Waals surface area contributed by atoms with Crippen molar-refractivity contribution in [2.75, 3.05) is 0 Å². The molecule has 1 heterocycles. The van der Waals surface area contributed by atoms with E-state index in [9.17, 15) is 14.7 Å². The van der Waals surface area contributed by atoms with E-state index in [-0.39, 0.29) is 17.6 Å². The van der Waals surface area contributed by atoms with Crippen LogP contribution in [0.4, 0.5) is 0 Å². The van der Waals surface area contributed by atoms with E-state index in [0.717, 1.165) is 0 Å². The van der Waals surface area contributed by atoms with Crippen molar-refractivity contribution in [1.29, 1.82) is 0 Å². The number of carboxylic acids is 1. The zero-order chi connectivity index (χ0) is 16.7. The Bertz CT molecular complexity index is 759. The van der Waals surface area contributed by atoms with Crippen LogP contribution in [-0.2, 0) is 16.1 Å². The number of esters is 1. The third kappa shape index (κ3) is 3.22. The molecular formula is C15H17ClN2O4. The van der Waals surface area contributed by atoms with Crippen molar-refractivity contribution in [3.05, 3.63) is 28.5 Å². The summed E-state index contributed by atoms with van der Waals surface area (Å²) in [5.41, 5.74) is 0.133. The lowest BCUT2D eigenvalue weighted by atomic mass is 10.2. The first-order valence-electron chi connectivity index (χ1n) is 6.70. The molecule has 0 aliphatic carbocycles. The van der Waals surface area contributed by atoms with Gasteiger partial charge in [0.15, 0.2) is 0 Å². The number of benzene rings is 1. The van der Waals surface area contributed by atoms with Gasteiger partial charge in [-0.15, -0.1) is 0 Å². The number of nitrogens with zero attached hydrogens (tertiary/aromatic N) is 2. The predicted octanol–water partition coefficient (Wildman–Crippen LogP) is 3.04. The molecule has 0 saturated heterocycles. The first-order valence-corrected chi connectivity index (χ1v) is 7.08. The first kappa shape index (κ1) is 16.3. The summed E-state index contributed by atoms with van der Waals surface area (Å²) in [4.78, 5) is 27.5. The number of aryl methyl sites for hydroxylation is 1. The number of rotatable bonds is 3. The van der Waals surface area contributed by atoms with Gasteiger partial charge in [0, 0.05) is 0 Å². The fraction of sp³-hybridized carbons (Fsp3) is 0.400. The van der Waals surface area contributed by atoms with Gasteiger partial charge in [-0.25, -0.2) is 9.78 Å². The smallest absolute Gasteiger partial charge is 0.337 e. The van der Waals surface area contributed by atoms with Crippen molar-refractivity contribution < 1.29 is 19.4 Å². The number of hydrogen-bond donors (Lipinski definition) is 1. The van der Waals surface area contributed by atoms with E-state index in [1.165, 1.54) is 12.1 Å². The molecule has 0 saturated carbocycles. The van der Waals surface area contributed by atoms with Crippen LogP contribution < -0.4 is 0 Å². The van der Waals surface area contributed by atoms with E-state index >= 15 is 0 Å². The van der Waals surface area contributed by atoms with E-state index in [0.29, 0.717) is 16.4 Å². The quantitative estimate of drug-likeness (QED) is 0.878. The van der Waals surface area contributed by atoms with Gasteiger partial charge in [0.05, 0.1) is 16.1 Å². The minimum atomic E-state index is -1.09. The average molecular weight is 325 g/mol. The molecule has 1 aromatic heterocycles. The number of imidazole rings is 1. The number of aromatic nitrogens is 2. The Morgan fingerprint density at radius 2 is 2.00 bits per heavy atom. The highest BCUT2D eigenvalue weighted by Gasteiger charge is 2.22. The van der Waals surface area contributed by atoms with Crippen LogP contribution in [0.25, 0.3) is 11.0 Å². The van der Waals surface area contributed by atoms with Gasteiger partial charge < -0.3 is 14.4 Å². The molecule has 6 nitrogen and oxygen atoms in total. The third-order valence-electron chi connectivity index (χ3n) is 2.97. The molecule has 0 aliphatic rings. The minimum Gasteiger partial charge on any atom is -0.478 e. The summed E-state index contributed by atoms with van der Waals surface area (Å²) in [5.74, 6) is -1.04. The molecule has 0 amide bonds. The third-order valence-corrected chi connectivity index (χ3v) is 3.28. The van der Waals surface area contributed by atoms with Gasteiger partial charge >= 0.3 is 11.9 Å². The molecule has 0 radical (unpaired) electrons. The molecule has 118 valence electrons. The standard InChI is InChI=1S/C15H17ClN2O4/c1-8-17-12-9(14(20)21)5-6-10(16)13(12)18(8)7-11(19)22-15(2,3)4/h5-6H,7H2,1-4H3,(H,20,21). The summed E-state index contributed by atoms with van der Waals surface area (Å²) in [7, 11) is 0. The van der Waals surface area contributed by atoms with Crippen LogP contribution in [-0.4, -0.2) is 32.2 Å². The Labute approximate surface area is 132 Å². The molecular weight excluding hydrogens is 308 g/mol. The molecule has 1 N–H and O–H groups in total. The maximum atomic E-state index is 12.0. The lowest BCUT2D eigenvalue weighted by Crippen LogP contribution is -2.26. The second-order valence-electron chi connectivity index (χ2n) is 5.93. The van der Waals surface area contributed by atoms with Crippen molar-refractivity contribution in [2.24, 2.45) is 0 Å². The van der Waals surface area contributed by atoms with Crippen LogP contribution >= 0.6 is 11.6 Å². The molecule has 0 atom stereocenters. The zero-order valence-electron chi connectivity index (χ0n) is 12.8. The Morgan fingerprint density at radius 1 is 1.36 bits per heavy atom.